The van der Waals surface area contributed by atoms with Gasteiger partial charge in [0, 0.05) is 11.8 Å². The summed E-state index contributed by atoms with van der Waals surface area (Å²) in [5, 5.41) is 4.09. The normalized spacial score (nSPS) is 10.9. The summed E-state index contributed by atoms with van der Waals surface area (Å²) < 4.78 is 0. The minimum absolute atomic E-state index is 0.197. The number of aromatic amines is 1. The molecule has 19 heavy (non-hydrogen) atoms. The van der Waals surface area contributed by atoms with E-state index in [9.17, 15) is 4.79 Å². The van der Waals surface area contributed by atoms with Crippen LogP contribution in [-0.4, -0.2) is 16.2 Å². The van der Waals surface area contributed by atoms with Crippen molar-refractivity contribution in [3.05, 3.63) is 57.0 Å². The van der Waals surface area contributed by atoms with Gasteiger partial charge in [-0.05, 0) is 31.9 Å². The summed E-state index contributed by atoms with van der Waals surface area (Å²) in [6, 6.07) is 7.58. The van der Waals surface area contributed by atoms with E-state index in [4.69, 9.17) is 0 Å². The van der Waals surface area contributed by atoms with Crippen LogP contribution in [0.5, 0.6) is 0 Å². The third-order valence-electron chi connectivity index (χ3n) is 2.68. The minimum atomic E-state index is -0.197. The number of H-pyrrole nitrogens is 1. The molecule has 0 fully saturated rings. The van der Waals surface area contributed by atoms with Crippen molar-refractivity contribution in [2.45, 2.75) is 20.8 Å². The Hall–Kier alpha value is -2.43. The number of hydrogen-bond acceptors (Lipinski definition) is 4. The van der Waals surface area contributed by atoms with Crippen molar-refractivity contribution in [3.63, 3.8) is 0 Å². The van der Waals surface area contributed by atoms with Crippen molar-refractivity contribution in [3.8, 4) is 0 Å². The SMILES string of the molecule is Cc1ccc(C)c(/C=N/Nc2nc(C)cc(=O)[nH]2)c1. The van der Waals surface area contributed by atoms with Crippen molar-refractivity contribution in [2.75, 3.05) is 5.43 Å². The van der Waals surface area contributed by atoms with Crippen LogP contribution in [0, 0.1) is 20.8 Å². The second kappa shape index (κ2) is 5.48. The number of aryl methyl sites for hydroxylation is 3. The molecular weight excluding hydrogens is 240 g/mol. The molecule has 5 heteroatoms. The second-order valence-corrected chi connectivity index (χ2v) is 4.47. The molecule has 0 amide bonds. The third kappa shape index (κ3) is 3.51. The molecular formula is C14H16N4O. The lowest BCUT2D eigenvalue weighted by Gasteiger charge is -2.02. The van der Waals surface area contributed by atoms with E-state index in [1.54, 1.807) is 13.1 Å². The van der Waals surface area contributed by atoms with Gasteiger partial charge in [-0.2, -0.15) is 5.10 Å². The van der Waals surface area contributed by atoms with Crippen LogP contribution in [0.1, 0.15) is 22.4 Å². The van der Waals surface area contributed by atoms with E-state index in [1.165, 1.54) is 11.6 Å². The number of benzene rings is 1. The third-order valence-corrected chi connectivity index (χ3v) is 2.68. The van der Waals surface area contributed by atoms with Crippen LogP contribution in [0.25, 0.3) is 0 Å². The Morgan fingerprint density at radius 1 is 1.26 bits per heavy atom. The maximum absolute atomic E-state index is 11.3. The molecule has 0 unspecified atom stereocenters. The zero-order valence-corrected chi connectivity index (χ0v) is 11.2. The van der Waals surface area contributed by atoms with Gasteiger partial charge in [-0.1, -0.05) is 23.8 Å². The van der Waals surface area contributed by atoms with Crippen LogP contribution in [0.3, 0.4) is 0 Å². The van der Waals surface area contributed by atoms with Gasteiger partial charge in [0.1, 0.15) is 0 Å². The van der Waals surface area contributed by atoms with Gasteiger partial charge in [0.05, 0.1) is 6.21 Å². The molecule has 5 nitrogen and oxygen atoms in total. The van der Waals surface area contributed by atoms with Crippen molar-refractivity contribution in [1.82, 2.24) is 9.97 Å². The number of hydrogen-bond donors (Lipinski definition) is 2. The maximum Gasteiger partial charge on any atom is 0.252 e. The topological polar surface area (TPSA) is 70.1 Å². The van der Waals surface area contributed by atoms with E-state index in [2.05, 4.69) is 26.6 Å². The number of anilines is 1. The average molecular weight is 256 g/mol. The fourth-order valence-corrected chi connectivity index (χ4v) is 1.69. The number of hydrazone groups is 1. The van der Waals surface area contributed by atoms with E-state index in [1.807, 2.05) is 26.0 Å². The van der Waals surface area contributed by atoms with Crippen molar-refractivity contribution >= 4 is 12.2 Å². The van der Waals surface area contributed by atoms with Crippen molar-refractivity contribution < 1.29 is 0 Å². The van der Waals surface area contributed by atoms with E-state index >= 15 is 0 Å². The highest BCUT2D eigenvalue weighted by Crippen LogP contribution is 2.08. The molecule has 98 valence electrons. The predicted octanol–water partition coefficient (Wildman–Crippen LogP) is 2.14. The van der Waals surface area contributed by atoms with Crippen molar-refractivity contribution in [1.29, 1.82) is 0 Å². The van der Waals surface area contributed by atoms with E-state index in [-0.39, 0.29) is 5.56 Å². The van der Waals surface area contributed by atoms with Gasteiger partial charge in [0.2, 0.25) is 5.95 Å². The molecule has 0 saturated carbocycles. The van der Waals surface area contributed by atoms with Crippen LogP contribution >= 0.6 is 0 Å². The average Bonchev–Trinajstić information content (AvgIpc) is 2.32. The quantitative estimate of drug-likeness (QED) is 0.653. The van der Waals surface area contributed by atoms with Gasteiger partial charge in [-0.3, -0.25) is 9.78 Å². The predicted molar refractivity (Wildman–Crippen MR) is 76.7 cm³/mol. The molecule has 0 aliphatic heterocycles. The molecule has 2 rings (SSSR count). The molecule has 1 aromatic carbocycles. The van der Waals surface area contributed by atoms with Gasteiger partial charge in [-0.15, -0.1) is 0 Å². The Morgan fingerprint density at radius 2 is 2.05 bits per heavy atom. The molecule has 1 heterocycles. The lowest BCUT2D eigenvalue weighted by atomic mass is 10.1. The van der Waals surface area contributed by atoms with Crippen LogP contribution in [0.15, 0.2) is 34.2 Å². The molecule has 0 atom stereocenters. The summed E-state index contributed by atoms with van der Waals surface area (Å²) in [5.41, 5.74) is 6.52. The molecule has 2 aromatic rings. The summed E-state index contributed by atoms with van der Waals surface area (Å²) in [7, 11) is 0. The Labute approximate surface area is 111 Å². The van der Waals surface area contributed by atoms with E-state index < -0.39 is 0 Å². The standard InChI is InChI=1S/C14H16N4O/c1-9-4-5-10(2)12(6-9)8-15-18-14-16-11(3)7-13(19)17-14/h4-8H,1-3H3,(H2,16,17,18,19)/b15-8+. The smallest absolute Gasteiger partial charge is 0.252 e. The first-order chi connectivity index (χ1) is 9.04. The molecule has 2 N–H and O–H groups in total. The van der Waals surface area contributed by atoms with Crippen LogP contribution < -0.4 is 11.0 Å². The van der Waals surface area contributed by atoms with Gasteiger partial charge in [0.15, 0.2) is 0 Å². The number of aromatic nitrogens is 2. The van der Waals surface area contributed by atoms with Crippen molar-refractivity contribution in [2.24, 2.45) is 5.10 Å². The lowest BCUT2D eigenvalue weighted by Crippen LogP contribution is -2.10. The fraction of sp³-hybridized carbons (Fsp3) is 0.214. The molecule has 0 aliphatic rings. The summed E-state index contributed by atoms with van der Waals surface area (Å²) in [6.07, 6.45) is 1.71. The zero-order valence-electron chi connectivity index (χ0n) is 11.2. The molecule has 0 bridgehead atoms. The van der Waals surface area contributed by atoms with Crippen LogP contribution in [0.2, 0.25) is 0 Å². The summed E-state index contributed by atoms with van der Waals surface area (Å²) >= 11 is 0. The molecule has 1 aromatic heterocycles. The zero-order chi connectivity index (χ0) is 13.8. The number of rotatable bonds is 3. The van der Waals surface area contributed by atoms with Crippen LogP contribution in [-0.2, 0) is 0 Å². The molecule has 0 saturated heterocycles. The Morgan fingerprint density at radius 3 is 2.79 bits per heavy atom. The largest absolute Gasteiger partial charge is 0.291 e. The highest BCUT2D eigenvalue weighted by Gasteiger charge is 1.97. The van der Waals surface area contributed by atoms with E-state index in [0.29, 0.717) is 11.6 Å². The molecule has 0 spiro atoms. The number of nitrogens with one attached hydrogen (secondary N) is 2. The van der Waals surface area contributed by atoms with Gasteiger partial charge >= 0.3 is 0 Å². The highest BCUT2D eigenvalue weighted by molar-refractivity contribution is 5.82. The second-order valence-electron chi connectivity index (χ2n) is 4.47. The number of nitrogens with zero attached hydrogens (tertiary/aromatic N) is 2. The Kier molecular flexibility index (Phi) is 3.75. The molecule has 0 radical (unpaired) electrons. The first-order valence-electron chi connectivity index (χ1n) is 5.99. The fourth-order valence-electron chi connectivity index (χ4n) is 1.69. The Bertz CT molecular complexity index is 673. The van der Waals surface area contributed by atoms with Gasteiger partial charge in [-0.25, -0.2) is 10.4 Å². The summed E-state index contributed by atoms with van der Waals surface area (Å²) in [5.74, 6) is 0.339. The maximum atomic E-state index is 11.3. The minimum Gasteiger partial charge on any atom is -0.291 e. The first-order valence-corrected chi connectivity index (χ1v) is 5.99. The van der Waals surface area contributed by atoms with Crippen LogP contribution in [0.4, 0.5) is 5.95 Å². The van der Waals surface area contributed by atoms with Gasteiger partial charge in [0.25, 0.3) is 5.56 Å². The summed E-state index contributed by atoms with van der Waals surface area (Å²) in [6.45, 7) is 5.81. The highest BCUT2D eigenvalue weighted by atomic mass is 16.1. The molecule has 0 aliphatic carbocycles. The lowest BCUT2D eigenvalue weighted by molar-refractivity contribution is 1.04. The van der Waals surface area contributed by atoms with E-state index in [0.717, 1.165) is 11.1 Å². The van der Waals surface area contributed by atoms with Gasteiger partial charge < -0.3 is 0 Å². The first kappa shape index (κ1) is 13.0. The summed E-state index contributed by atoms with van der Waals surface area (Å²) in [4.78, 5) is 17.9. The Balaban J connectivity index is 2.15. The monoisotopic (exact) mass is 256 g/mol.